The summed E-state index contributed by atoms with van der Waals surface area (Å²) in [4.78, 5) is 0. The molecule has 0 aromatic carbocycles. The number of rotatable bonds is 0. The quantitative estimate of drug-likeness (QED) is 0.351. The zero-order valence-corrected chi connectivity index (χ0v) is 6.60. The Labute approximate surface area is 51.0 Å². The summed E-state index contributed by atoms with van der Waals surface area (Å²) in [7, 11) is 0. The Hall–Kier alpha value is 1.16. The molecule has 6 heteroatoms. The van der Waals surface area contributed by atoms with Gasteiger partial charge in [0, 0.05) is 17.1 Å². The molecule has 0 atom stereocenters. The van der Waals surface area contributed by atoms with Gasteiger partial charge in [0.25, 0.3) is 0 Å². The van der Waals surface area contributed by atoms with Crippen LogP contribution in [-0.2, 0) is 17.1 Å². The first-order valence-electron chi connectivity index (χ1n) is 0.894. The molecule has 4 nitrogen and oxygen atoms in total. The standard InChI is InChI=1S/Fe.4H2O.Sn/h;4*1H2;/q;;;;;+4/p-4. The molecule has 0 saturated heterocycles. The van der Waals surface area contributed by atoms with Gasteiger partial charge in [-0.15, -0.1) is 0 Å². The van der Waals surface area contributed by atoms with Crippen LogP contribution < -0.4 is 0 Å². The van der Waals surface area contributed by atoms with Gasteiger partial charge in [-0.3, -0.25) is 0 Å². The second-order valence-corrected chi connectivity index (χ2v) is 4.02. The van der Waals surface area contributed by atoms with Crippen LogP contribution in [0.1, 0.15) is 0 Å². The zero-order valence-electron chi connectivity index (χ0n) is 2.64. The van der Waals surface area contributed by atoms with Crippen LogP contribution >= 0.6 is 0 Å². The van der Waals surface area contributed by atoms with E-state index in [1.165, 1.54) is 0 Å². The molecule has 40 valence electrons. The summed E-state index contributed by atoms with van der Waals surface area (Å²) in [6, 6.07) is 0. The molecule has 0 unspecified atom stereocenters. The predicted molar refractivity (Wildman–Crippen MR) is 14.6 cm³/mol. The van der Waals surface area contributed by atoms with Crippen molar-refractivity contribution in [3.8, 4) is 0 Å². The van der Waals surface area contributed by atoms with Crippen LogP contribution in [0.25, 0.3) is 0 Å². The fraction of sp³-hybridized carbons (Fsp3) is 0. The molecule has 0 aromatic heterocycles. The summed E-state index contributed by atoms with van der Waals surface area (Å²) < 4.78 is 29.6. The summed E-state index contributed by atoms with van der Waals surface area (Å²) in [5.41, 5.74) is 0. The van der Waals surface area contributed by atoms with Crippen LogP contribution in [0.3, 0.4) is 0 Å². The maximum absolute atomic E-state index is 7.40. The molecular weight excluding hydrogens is 239 g/mol. The Balaban J connectivity index is 0. The van der Waals surface area contributed by atoms with Crippen molar-refractivity contribution in [2.75, 3.05) is 0 Å². The molecule has 0 radical (unpaired) electrons. The van der Waals surface area contributed by atoms with E-state index in [2.05, 4.69) is 0 Å². The van der Waals surface area contributed by atoms with E-state index in [0.717, 1.165) is 0 Å². The number of hydrogen-bond acceptors (Lipinski definition) is 4. The van der Waals surface area contributed by atoms with E-state index >= 15 is 0 Å². The fourth-order valence-electron chi connectivity index (χ4n) is 0. The van der Waals surface area contributed by atoms with Gasteiger partial charge in [-0.2, -0.15) is 0 Å². The molecule has 6 heavy (non-hydrogen) atoms. The first kappa shape index (κ1) is 10.2. The van der Waals surface area contributed by atoms with Gasteiger partial charge in [0.1, 0.15) is 0 Å². The Morgan fingerprint density at radius 3 is 0.833 bits per heavy atom. The normalized spacial score (nSPS) is 10.0. The fourth-order valence-corrected chi connectivity index (χ4v) is 0. The SMILES string of the molecule is [Fe].[OH][Sn]([OH])([OH])[OH]. The van der Waals surface area contributed by atoms with Crippen LogP contribution in [0.5, 0.6) is 0 Å². The molecule has 0 fully saturated rings. The average molecular weight is 243 g/mol. The molecule has 0 saturated carbocycles. The van der Waals surface area contributed by atoms with Gasteiger partial charge in [0.2, 0.25) is 0 Å². The second-order valence-electron chi connectivity index (χ2n) is 0.600. The van der Waals surface area contributed by atoms with Crippen molar-refractivity contribution in [3.05, 3.63) is 0 Å². The van der Waals surface area contributed by atoms with Crippen molar-refractivity contribution in [3.63, 3.8) is 0 Å². The molecule has 0 rings (SSSR count). The third-order valence-corrected chi connectivity index (χ3v) is 0. The van der Waals surface area contributed by atoms with Crippen molar-refractivity contribution < 1.29 is 30.8 Å². The van der Waals surface area contributed by atoms with Crippen molar-refractivity contribution in [2.24, 2.45) is 0 Å². The molecule has 0 aliphatic rings. The van der Waals surface area contributed by atoms with Crippen LogP contribution in [0.4, 0.5) is 0 Å². The molecule has 0 aliphatic carbocycles. The van der Waals surface area contributed by atoms with Gasteiger partial charge in [-0.05, 0) is 0 Å². The summed E-state index contributed by atoms with van der Waals surface area (Å²) in [5.74, 6) is 0. The Kier molecular flexibility index (Phi) is 5.44. The molecule has 0 spiro atoms. The first-order valence-corrected chi connectivity index (χ1v) is 6.00. The summed E-state index contributed by atoms with van der Waals surface area (Å²) in [6.07, 6.45) is 0. The first-order chi connectivity index (χ1) is 2.00. The number of hydrogen-bond donors (Lipinski definition) is 4. The monoisotopic (exact) mass is 244 g/mol. The second kappa shape index (κ2) is 3.20. The van der Waals surface area contributed by atoms with Gasteiger partial charge in [-0.25, -0.2) is 0 Å². The van der Waals surface area contributed by atoms with Gasteiger partial charge >= 0.3 is 33.8 Å². The zero-order chi connectivity index (χ0) is 4.50. The minimum atomic E-state index is -5.18. The van der Waals surface area contributed by atoms with Gasteiger partial charge in [-0.1, -0.05) is 0 Å². The van der Waals surface area contributed by atoms with E-state index < -0.39 is 20.0 Å². The van der Waals surface area contributed by atoms with Crippen molar-refractivity contribution >= 4 is 20.0 Å². The summed E-state index contributed by atoms with van der Waals surface area (Å²) in [5, 5.41) is 0. The van der Waals surface area contributed by atoms with Crippen LogP contribution in [0.2, 0.25) is 0 Å². The Morgan fingerprint density at radius 2 is 0.833 bits per heavy atom. The van der Waals surface area contributed by atoms with Gasteiger partial charge in [0.15, 0.2) is 0 Å². The van der Waals surface area contributed by atoms with Gasteiger partial charge in [0.05, 0.1) is 0 Å². The molecule has 0 heterocycles. The van der Waals surface area contributed by atoms with Crippen LogP contribution in [0.15, 0.2) is 0 Å². The van der Waals surface area contributed by atoms with Crippen LogP contribution in [0, 0.1) is 0 Å². The summed E-state index contributed by atoms with van der Waals surface area (Å²) in [6.45, 7) is 0. The van der Waals surface area contributed by atoms with E-state index in [9.17, 15) is 0 Å². The molecule has 0 amide bonds. The average Bonchev–Trinajstić information content (AvgIpc) is 0.722. The van der Waals surface area contributed by atoms with E-state index in [1.807, 2.05) is 0 Å². The Morgan fingerprint density at radius 1 is 0.833 bits per heavy atom. The molecular formula is H4FeO4Sn. The Bertz CT molecular complexity index is 23.0. The topological polar surface area (TPSA) is 80.9 Å². The molecule has 4 N–H and O–H groups in total. The van der Waals surface area contributed by atoms with E-state index in [0.29, 0.717) is 0 Å². The molecule has 0 aliphatic heterocycles. The third kappa shape index (κ3) is 66.5. The third-order valence-electron chi connectivity index (χ3n) is 0. The van der Waals surface area contributed by atoms with Crippen molar-refractivity contribution in [1.82, 2.24) is 0 Å². The van der Waals surface area contributed by atoms with Gasteiger partial charge < -0.3 is 0 Å². The van der Waals surface area contributed by atoms with Crippen LogP contribution in [-0.4, -0.2) is 33.8 Å². The predicted octanol–water partition coefficient (Wildman–Crippen LogP) is -2.61. The van der Waals surface area contributed by atoms with E-state index in [4.69, 9.17) is 13.8 Å². The van der Waals surface area contributed by atoms with Crippen molar-refractivity contribution in [2.45, 2.75) is 0 Å². The maximum atomic E-state index is 7.40. The van der Waals surface area contributed by atoms with Crippen molar-refractivity contribution in [1.29, 1.82) is 0 Å². The summed E-state index contributed by atoms with van der Waals surface area (Å²) >= 11 is -5.18. The molecule has 0 bridgehead atoms. The van der Waals surface area contributed by atoms with E-state index in [-0.39, 0.29) is 17.1 Å². The molecule has 0 aromatic rings. The minimum absolute atomic E-state index is 0. The van der Waals surface area contributed by atoms with E-state index in [1.54, 1.807) is 0 Å².